The molecule has 2 rings (SSSR count). The molecule has 4 heteroatoms. The van der Waals surface area contributed by atoms with E-state index in [9.17, 15) is 4.39 Å². The quantitative estimate of drug-likeness (QED) is 0.700. The fourth-order valence-corrected chi connectivity index (χ4v) is 2.20. The lowest BCUT2D eigenvalue weighted by atomic mass is 10.1. The molecule has 2 atom stereocenters. The summed E-state index contributed by atoms with van der Waals surface area (Å²) >= 11 is 0. The lowest BCUT2D eigenvalue weighted by Crippen LogP contribution is -2.49. The van der Waals surface area contributed by atoms with Crippen LogP contribution in [0.4, 0.5) is 10.2 Å². The monoisotopic (exact) mass is 225 g/mol. The van der Waals surface area contributed by atoms with E-state index in [2.05, 4.69) is 4.90 Å². The van der Waals surface area contributed by atoms with Crippen LogP contribution in [0.3, 0.4) is 0 Å². The number of hydrogen-bond donors (Lipinski definition) is 0. The number of rotatable bonds is 2. The van der Waals surface area contributed by atoms with Gasteiger partial charge in [-0.1, -0.05) is 6.07 Å². The van der Waals surface area contributed by atoms with Crippen molar-refractivity contribution in [3.8, 4) is 0 Å². The summed E-state index contributed by atoms with van der Waals surface area (Å²) in [6.45, 7) is 1.26. The molecule has 2 heterocycles. The Labute approximate surface area is 95.4 Å². The Kier molecular flexibility index (Phi) is 3.39. The molecule has 1 aliphatic heterocycles. The van der Waals surface area contributed by atoms with Crippen molar-refractivity contribution in [2.75, 3.05) is 25.1 Å². The third kappa shape index (κ3) is 2.16. The number of aromatic nitrogens is 1. The molecule has 3 nitrogen and oxygen atoms in total. The second kappa shape index (κ2) is 4.78. The van der Waals surface area contributed by atoms with Gasteiger partial charge in [-0.3, -0.25) is 4.90 Å². The van der Waals surface area contributed by atoms with Crippen molar-refractivity contribution in [3.63, 3.8) is 0 Å². The molecule has 0 spiro atoms. The molecule has 1 aromatic rings. The first-order chi connectivity index (χ1) is 7.72. The molecule has 1 aromatic heterocycles. The largest absolute Gasteiger partial charge is 0.378 e. The summed E-state index contributed by atoms with van der Waals surface area (Å²) in [7, 11) is 3.56. The summed E-state index contributed by atoms with van der Waals surface area (Å²) in [5.41, 5.74) is 0. The van der Waals surface area contributed by atoms with Gasteiger partial charge in [0.15, 0.2) is 6.17 Å². The minimum atomic E-state index is -0.904. The number of alkyl halides is 1. The third-order valence-electron chi connectivity index (χ3n) is 3.14. The SMILES string of the molecule is CO[C@H]1CCN(c2cccc[n+]2C)C[C@H]1F. The van der Waals surface area contributed by atoms with Gasteiger partial charge in [0.1, 0.15) is 6.54 Å². The maximum absolute atomic E-state index is 13.7. The molecule has 0 amide bonds. The van der Waals surface area contributed by atoms with Crippen LogP contribution < -0.4 is 9.47 Å². The number of piperidine rings is 1. The fourth-order valence-electron chi connectivity index (χ4n) is 2.20. The molecule has 0 N–H and O–H groups in total. The molecule has 16 heavy (non-hydrogen) atoms. The van der Waals surface area contributed by atoms with Crippen LogP contribution in [0, 0.1) is 0 Å². The maximum atomic E-state index is 13.7. The van der Waals surface area contributed by atoms with Crippen LogP contribution in [0.5, 0.6) is 0 Å². The van der Waals surface area contributed by atoms with Crippen LogP contribution in [-0.4, -0.2) is 32.5 Å². The summed E-state index contributed by atoms with van der Waals surface area (Å²) in [5.74, 6) is 1.06. The Morgan fingerprint density at radius 2 is 2.31 bits per heavy atom. The highest BCUT2D eigenvalue weighted by Crippen LogP contribution is 2.20. The molecule has 1 fully saturated rings. The van der Waals surface area contributed by atoms with Crippen LogP contribution >= 0.6 is 0 Å². The smallest absolute Gasteiger partial charge is 0.276 e. The van der Waals surface area contributed by atoms with Crippen LogP contribution in [0.25, 0.3) is 0 Å². The van der Waals surface area contributed by atoms with E-state index in [1.54, 1.807) is 7.11 Å². The first-order valence-electron chi connectivity index (χ1n) is 5.59. The number of halogens is 1. The van der Waals surface area contributed by atoms with Crippen LogP contribution in [-0.2, 0) is 11.8 Å². The average molecular weight is 225 g/mol. The molecule has 0 bridgehead atoms. The first kappa shape index (κ1) is 11.3. The summed E-state index contributed by atoms with van der Waals surface area (Å²) in [6, 6.07) is 5.96. The van der Waals surface area contributed by atoms with Gasteiger partial charge in [-0.05, 0) is 6.07 Å². The molecule has 1 aliphatic rings. The normalized spacial score (nSPS) is 25.8. The number of ether oxygens (including phenoxy) is 1. The van der Waals surface area contributed by atoms with Gasteiger partial charge in [-0.15, -0.1) is 0 Å². The van der Waals surface area contributed by atoms with Crippen molar-refractivity contribution in [1.29, 1.82) is 0 Å². The van der Waals surface area contributed by atoms with Gasteiger partial charge in [-0.2, -0.15) is 0 Å². The Bertz CT molecular complexity index is 359. The van der Waals surface area contributed by atoms with Crippen molar-refractivity contribution in [2.24, 2.45) is 7.05 Å². The summed E-state index contributed by atoms with van der Waals surface area (Å²) < 4.78 is 20.9. The number of nitrogens with zero attached hydrogens (tertiary/aromatic N) is 2. The Morgan fingerprint density at radius 3 is 2.94 bits per heavy atom. The zero-order valence-corrected chi connectivity index (χ0v) is 9.77. The van der Waals surface area contributed by atoms with E-state index in [1.165, 1.54) is 0 Å². The number of pyridine rings is 1. The molecule has 1 saturated heterocycles. The topological polar surface area (TPSA) is 16.4 Å². The van der Waals surface area contributed by atoms with Gasteiger partial charge in [0.25, 0.3) is 5.82 Å². The molecular formula is C12H18FN2O+. The second-order valence-electron chi connectivity index (χ2n) is 4.19. The van der Waals surface area contributed by atoms with Gasteiger partial charge < -0.3 is 4.74 Å². The van der Waals surface area contributed by atoms with E-state index in [-0.39, 0.29) is 6.10 Å². The standard InChI is InChI=1S/C12H18FN2O/c1-14-7-4-3-5-12(14)15-8-6-11(16-2)10(13)9-15/h3-5,7,10-11H,6,8-9H2,1-2H3/q+1/t10-,11+/m1/s1. The van der Waals surface area contributed by atoms with E-state index in [0.29, 0.717) is 6.54 Å². The minimum absolute atomic E-state index is 0.245. The van der Waals surface area contributed by atoms with Crippen molar-refractivity contribution in [1.82, 2.24) is 0 Å². The van der Waals surface area contributed by atoms with E-state index < -0.39 is 6.17 Å². The van der Waals surface area contributed by atoms with E-state index in [1.807, 2.05) is 36.0 Å². The average Bonchev–Trinajstić information content (AvgIpc) is 2.29. The lowest BCUT2D eigenvalue weighted by molar-refractivity contribution is -0.659. The van der Waals surface area contributed by atoms with E-state index in [0.717, 1.165) is 18.8 Å². The number of anilines is 1. The van der Waals surface area contributed by atoms with Gasteiger partial charge in [0.05, 0.1) is 25.9 Å². The Hall–Kier alpha value is -1.16. The van der Waals surface area contributed by atoms with Crippen molar-refractivity contribution < 1.29 is 13.7 Å². The van der Waals surface area contributed by atoms with E-state index in [4.69, 9.17) is 4.74 Å². The molecule has 0 aliphatic carbocycles. The highest BCUT2D eigenvalue weighted by atomic mass is 19.1. The molecule has 0 saturated carbocycles. The zero-order valence-electron chi connectivity index (χ0n) is 9.77. The highest BCUT2D eigenvalue weighted by molar-refractivity contribution is 5.33. The summed E-state index contributed by atoms with van der Waals surface area (Å²) in [5, 5.41) is 0. The number of aryl methyl sites for hydroxylation is 1. The summed E-state index contributed by atoms with van der Waals surface area (Å²) in [6.07, 6.45) is 1.57. The predicted octanol–water partition coefficient (Wildman–Crippen LogP) is 1.07. The fraction of sp³-hybridized carbons (Fsp3) is 0.583. The number of hydrogen-bond acceptors (Lipinski definition) is 2. The molecule has 0 aromatic carbocycles. The van der Waals surface area contributed by atoms with Gasteiger partial charge in [-0.25, -0.2) is 8.96 Å². The van der Waals surface area contributed by atoms with Crippen molar-refractivity contribution in [3.05, 3.63) is 24.4 Å². The van der Waals surface area contributed by atoms with Gasteiger partial charge >= 0.3 is 0 Å². The predicted molar refractivity (Wildman–Crippen MR) is 60.1 cm³/mol. The second-order valence-corrected chi connectivity index (χ2v) is 4.19. The number of methoxy groups -OCH3 is 1. The van der Waals surface area contributed by atoms with Gasteiger partial charge in [0, 0.05) is 19.6 Å². The minimum Gasteiger partial charge on any atom is -0.378 e. The molecule has 88 valence electrons. The van der Waals surface area contributed by atoms with E-state index >= 15 is 0 Å². The molecule has 0 unspecified atom stereocenters. The third-order valence-corrected chi connectivity index (χ3v) is 3.14. The summed E-state index contributed by atoms with van der Waals surface area (Å²) in [4.78, 5) is 2.07. The Balaban J connectivity index is 2.11. The highest BCUT2D eigenvalue weighted by Gasteiger charge is 2.34. The Morgan fingerprint density at radius 1 is 1.50 bits per heavy atom. The van der Waals surface area contributed by atoms with Crippen LogP contribution in [0.2, 0.25) is 0 Å². The molecule has 0 radical (unpaired) electrons. The van der Waals surface area contributed by atoms with Crippen LogP contribution in [0.15, 0.2) is 24.4 Å². The van der Waals surface area contributed by atoms with Gasteiger partial charge in [0.2, 0.25) is 0 Å². The maximum Gasteiger partial charge on any atom is 0.276 e. The first-order valence-corrected chi connectivity index (χ1v) is 5.59. The van der Waals surface area contributed by atoms with Crippen LogP contribution in [0.1, 0.15) is 6.42 Å². The lowest BCUT2D eigenvalue weighted by Gasteiger charge is -2.30. The molecular weight excluding hydrogens is 207 g/mol. The van der Waals surface area contributed by atoms with Crippen molar-refractivity contribution >= 4 is 5.82 Å². The zero-order chi connectivity index (χ0) is 11.5. The van der Waals surface area contributed by atoms with Crippen molar-refractivity contribution in [2.45, 2.75) is 18.7 Å².